The van der Waals surface area contributed by atoms with Crippen LogP contribution in [0.15, 0.2) is 170 Å². The van der Waals surface area contributed by atoms with Gasteiger partial charge in [-0.15, -0.1) is 0 Å². The fourth-order valence-electron chi connectivity index (χ4n) is 7.04. The quantitative estimate of drug-likeness (QED) is 0.0261. The first kappa shape index (κ1) is 67.8. The van der Waals surface area contributed by atoms with Gasteiger partial charge in [-0.2, -0.15) is 0 Å². The molecule has 0 bridgehead atoms. The summed E-state index contributed by atoms with van der Waals surface area (Å²) in [5.41, 5.74) is 0. The van der Waals surface area contributed by atoms with E-state index in [9.17, 15) is 14.4 Å². The number of hydrogen-bond donors (Lipinski definition) is 0. The molecule has 0 amide bonds. The zero-order valence-corrected chi connectivity index (χ0v) is 46.3. The molecule has 0 saturated carbocycles. The van der Waals surface area contributed by atoms with Gasteiger partial charge in [-0.3, -0.25) is 14.4 Å². The molecule has 0 saturated heterocycles. The van der Waals surface area contributed by atoms with Crippen molar-refractivity contribution in [3.05, 3.63) is 170 Å². The minimum absolute atomic E-state index is 0.134. The van der Waals surface area contributed by atoms with Crippen molar-refractivity contribution in [3.8, 4) is 0 Å². The Labute approximate surface area is 447 Å². The first-order valence-corrected chi connectivity index (χ1v) is 28.6. The number of hydrogen-bond acceptors (Lipinski definition) is 6. The molecule has 0 aliphatic rings. The molecule has 0 aromatic rings. The Bertz CT molecular complexity index is 1720. The summed E-state index contributed by atoms with van der Waals surface area (Å²) in [5, 5.41) is 0. The van der Waals surface area contributed by atoms with Gasteiger partial charge in [0.25, 0.3) is 0 Å². The second-order valence-electron chi connectivity index (χ2n) is 18.0. The van der Waals surface area contributed by atoms with Gasteiger partial charge in [-0.05, 0) is 135 Å². The van der Waals surface area contributed by atoms with Crippen LogP contribution < -0.4 is 0 Å². The van der Waals surface area contributed by atoms with Crippen LogP contribution >= 0.6 is 0 Å². The molecule has 6 nitrogen and oxygen atoms in total. The van der Waals surface area contributed by atoms with Crippen LogP contribution in [0.25, 0.3) is 0 Å². The van der Waals surface area contributed by atoms with E-state index in [1.165, 1.54) is 32.1 Å². The molecule has 0 N–H and O–H groups in total. The van der Waals surface area contributed by atoms with E-state index < -0.39 is 12.1 Å². The predicted molar refractivity (Wildman–Crippen MR) is 315 cm³/mol. The topological polar surface area (TPSA) is 78.9 Å². The van der Waals surface area contributed by atoms with Gasteiger partial charge in [-0.1, -0.05) is 229 Å². The SMILES string of the molecule is CC/C=C\C/C=C\C/C=C\C/C=C\C/C=C\C/C=C\CCC(=O)OC(COC(=O)CCCC/C=C\C/C=C\C/C=C\C/C=C\CC)COC(=O)CCCCCCCCCC/C=C\C/C=C\C/C=C\C/C=C\CC. The number of ether oxygens (including phenoxy) is 3. The lowest BCUT2D eigenvalue weighted by molar-refractivity contribution is -0.166. The maximum absolute atomic E-state index is 12.8. The molecule has 0 aromatic carbocycles. The van der Waals surface area contributed by atoms with Gasteiger partial charge in [0.15, 0.2) is 6.10 Å². The number of rotatable bonds is 49. The van der Waals surface area contributed by atoms with E-state index in [0.29, 0.717) is 19.3 Å². The number of carbonyl (C=O) groups excluding carboxylic acids is 3. The van der Waals surface area contributed by atoms with Gasteiger partial charge >= 0.3 is 17.9 Å². The fraction of sp³-hybridized carbons (Fsp3) is 0.537. The maximum atomic E-state index is 12.8. The monoisotopic (exact) mass is 1000 g/mol. The molecule has 0 fully saturated rings. The normalized spacial score (nSPS) is 13.4. The molecule has 0 aromatic heterocycles. The molecule has 0 radical (unpaired) electrons. The minimum Gasteiger partial charge on any atom is -0.462 e. The third-order valence-electron chi connectivity index (χ3n) is 11.2. The van der Waals surface area contributed by atoms with Crippen molar-refractivity contribution < 1.29 is 28.6 Å². The Morgan fingerprint density at radius 1 is 0.274 bits per heavy atom. The smallest absolute Gasteiger partial charge is 0.306 e. The zero-order chi connectivity index (χ0) is 52.9. The van der Waals surface area contributed by atoms with Gasteiger partial charge in [0.2, 0.25) is 0 Å². The van der Waals surface area contributed by atoms with Crippen LogP contribution in [0.1, 0.15) is 213 Å². The highest BCUT2D eigenvalue weighted by Crippen LogP contribution is 2.13. The lowest BCUT2D eigenvalue weighted by atomic mass is 10.1. The Kier molecular flexibility index (Phi) is 55.1. The van der Waals surface area contributed by atoms with Crippen LogP contribution in [0.5, 0.6) is 0 Å². The second-order valence-corrected chi connectivity index (χ2v) is 18.0. The van der Waals surface area contributed by atoms with Crippen LogP contribution in [-0.2, 0) is 28.6 Å². The largest absolute Gasteiger partial charge is 0.462 e. The summed E-state index contributed by atoms with van der Waals surface area (Å²) in [6, 6.07) is 0. The molecule has 0 spiro atoms. The van der Waals surface area contributed by atoms with E-state index in [1.807, 2.05) is 12.2 Å². The van der Waals surface area contributed by atoms with Gasteiger partial charge < -0.3 is 14.2 Å². The summed E-state index contributed by atoms with van der Waals surface area (Å²) in [6.07, 6.45) is 87.8. The van der Waals surface area contributed by atoms with E-state index >= 15 is 0 Å². The van der Waals surface area contributed by atoms with E-state index in [-0.39, 0.29) is 38.0 Å². The van der Waals surface area contributed by atoms with Gasteiger partial charge in [0.1, 0.15) is 13.2 Å². The van der Waals surface area contributed by atoms with Gasteiger partial charge in [0.05, 0.1) is 0 Å². The highest BCUT2D eigenvalue weighted by molar-refractivity contribution is 5.71. The Morgan fingerprint density at radius 2 is 0.521 bits per heavy atom. The molecule has 406 valence electrons. The Balaban J connectivity index is 4.59. The molecule has 0 rings (SSSR count). The van der Waals surface area contributed by atoms with Gasteiger partial charge in [-0.25, -0.2) is 0 Å². The van der Waals surface area contributed by atoms with Crippen LogP contribution in [0.2, 0.25) is 0 Å². The van der Waals surface area contributed by atoms with Crippen molar-refractivity contribution in [2.45, 2.75) is 219 Å². The van der Waals surface area contributed by atoms with Crippen LogP contribution in [0.4, 0.5) is 0 Å². The van der Waals surface area contributed by atoms with Crippen molar-refractivity contribution in [2.75, 3.05) is 13.2 Å². The van der Waals surface area contributed by atoms with E-state index in [1.54, 1.807) is 0 Å². The number of esters is 3. The van der Waals surface area contributed by atoms with Crippen molar-refractivity contribution in [3.63, 3.8) is 0 Å². The average molecular weight is 1000 g/mol. The van der Waals surface area contributed by atoms with Crippen molar-refractivity contribution >= 4 is 17.9 Å². The molecule has 73 heavy (non-hydrogen) atoms. The predicted octanol–water partition coefficient (Wildman–Crippen LogP) is 19.5. The van der Waals surface area contributed by atoms with Gasteiger partial charge in [0, 0.05) is 19.3 Å². The van der Waals surface area contributed by atoms with Crippen LogP contribution in [-0.4, -0.2) is 37.2 Å². The molecule has 0 aliphatic carbocycles. The third-order valence-corrected chi connectivity index (χ3v) is 11.2. The van der Waals surface area contributed by atoms with Crippen LogP contribution in [0.3, 0.4) is 0 Å². The maximum Gasteiger partial charge on any atom is 0.306 e. The molecule has 1 atom stereocenters. The van der Waals surface area contributed by atoms with Crippen LogP contribution in [0, 0.1) is 0 Å². The molecule has 1 unspecified atom stereocenters. The molecular weight excluding hydrogens is 901 g/mol. The Morgan fingerprint density at radius 3 is 0.849 bits per heavy atom. The minimum atomic E-state index is -0.849. The first-order chi connectivity index (χ1) is 36.0. The second kappa shape index (κ2) is 59.3. The standard InChI is InChI=1S/C67H102O6/c1-4-7-10-13-16-19-22-25-28-30-32-33-35-36-39-42-45-48-51-54-57-60-66(69)72-63-64(62-71-65(68)59-56-53-50-47-44-41-38-27-24-21-18-15-12-9-6-3)73-67(70)61-58-55-52-49-46-43-40-37-34-31-29-26-23-20-17-14-11-8-5-2/h7-12,16-21,25-29,32-34,37-38,43-44,46-47,52,55,64H,4-6,13-15,22-24,30-31,35-36,39-42,45,48-51,53-54,56-63H2,1-3H3/b10-7-,11-8-,12-9-,19-16-,20-17-,21-18-,28-25-,29-26-,33-32-,37-34-,38-27-,46-43-,47-44-,55-52-. The number of carbonyl (C=O) groups is 3. The average Bonchev–Trinajstić information content (AvgIpc) is 3.39. The van der Waals surface area contributed by atoms with E-state index in [2.05, 4.69) is 179 Å². The van der Waals surface area contributed by atoms with Crippen molar-refractivity contribution in [1.82, 2.24) is 0 Å². The highest BCUT2D eigenvalue weighted by atomic mass is 16.6. The van der Waals surface area contributed by atoms with E-state index in [4.69, 9.17) is 14.2 Å². The van der Waals surface area contributed by atoms with Crippen molar-refractivity contribution in [2.24, 2.45) is 0 Å². The summed E-state index contributed by atoms with van der Waals surface area (Å²) in [7, 11) is 0. The lowest BCUT2D eigenvalue weighted by Gasteiger charge is -2.18. The highest BCUT2D eigenvalue weighted by Gasteiger charge is 2.19. The Hall–Kier alpha value is -5.23. The fourth-order valence-corrected chi connectivity index (χ4v) is 7.04. The summed E-state index contributed by atoms with van der Waals surface area (Å²) in [5.74, 6) is -1.08. The summed E-state index contributed by atoms with van der Waals surface area (Å²) < 4.78 is 16.7. The molecule has 6 heteroatoms. The number of unbranched alkanes of at least 4 members (excludes halogenated alkanes) is 10. The summed E-state index contributed by atoms with van der Waals surface area (Å²) >= 11 is 0. The van der Waals surface area contributed by atoms with E-state index in [0.717, 1.165) is 128 Å². The molecule has 0 heterocycles. The number of allylic oxidation sites excluding steroid dienone is 28. The summed E-state index contributed by atoms with van der Waals surface area (Å²) in [6.45, 7) is 6.17. The summed E-state index contributed by atoms with van der Waals surface area (Å²) in [4.78, 5) is 38.1. The lowest BCUT2D eigenvalue weighted by Crippen LogP contribution is -2.30. The first-order valence-electron chi connectivity index (χ1n) is 28.6. The van der Waals surface area contributed by atoms with Crippen molar-refractivity contribution in [1.29, 1.82) is 0 Å². The third kappa shape index (κ3) is 57.5. The zero-order valence-electron chi connectivity index (χ0n) is 46.3. The molecular formula is C67H102O6. The molecule has 0 aliphatic heterocycles.